The van der Waals surface area contributed by atoms with E-state index in [1.807, 2.05) is 12.1 Å². The molecule has 2 heteroatoms. The maximum atomic E-state index is 5.14. The molecular weight excluding hydrogens is 210 g/mol. The fraction of sp³-hybridized carbons (Fsp3) is 0.600. The van der Waals surface area contributed by atoms with Crippen LogP contribution in [0.5, 0.6) is 5.75 Å². The molecule has 1 N–H and O–H groups in total. The number of nitrogens with one attached hydrogen (secondary N) is 1. The van der Waals surface area contributed by atoms with Gasteiger partial charge in [-0.25, -0.2) is 0 Å². The van der Waals surface area contributed by atoms with Crippen molar-refractivity contribution in [3.63, 3.8) is 0 Å². The number of rotatable bonds is 6. The second-order valence-electron chi connectivity index (χ2n) is 4.96. The second kappa shape index (κ2) is 6.65. The molecule has 0 atom stereocenters. The van der Waals surface area contributed by atoms with Crippen LogP contribution in [0.3, 0.4) is 0 Å². The van der Waals surface area contributed by atoms with Gasteiger partial charge in [0.15, 0.2) is 0 Å². The molecule has 0 bridgehead atoms. The van der Waals surface area contributed by atoms with E-state index in [4.69, 9.17) is 4.74 Å². The normalized spacial score (nSPS) is 16.3. The molecule has 1 aromatic carbocycles. The summed E-state index contributed by atoms with van der Waals surface area (Å²) < 4.78 is 5.14. The average molecular weight is 233 g/mol. The van der Waals surface area contributed by atoms with Crippen LogP contribution in [-0.4, -0.2) is 13.7 Å². The van der Waals surface area contributed by atoms with Crippen molar-refractivity contribution in [2.75, 3.05) is 13.7 Å². The third kappa shape index (κ3) is 4.04. The Morgan fingerprint density at radius 1 is 1.18 bits per heavy atom. The zero-order valence-electron chi connectivity index (χ0n) is 10.7. The lowest BCUT2D eigenvalue weighted by Gasteiger charge is -2.10. The van der Waals surface area contributed by atoms with E-state index in [-0.39, 0.29) is 0 Å². The Labute approximate surface area is 104 Å². The van der Waals surface area contributed by atoms with Crippen molar-refractivity contribution in [2.24, 2.45) is 5.92 Å². The van der Waals surface area contributed by atoms with Crippen LogP contribution in [0, 0.1) is 5.92 Å². The van der Waals surface area contributed by atoms with Gasteiger partial charge < -0.3 is 10.1 Å². The zero-order valence-corrected chi connectivity index (χ0v) is 10.7. The Balaban J connectivity index is 1.63. The number of methoxy groups -OCH3 is 1. The van der Waals surface area contributed by atoms with Crippen molar-refractivity contribution in [2.45, 2.75) is 38.6 Å². The van der Waals surface area contributed by atoms with E-state index >= 15 is 0 Å². The van der Waals surface area contributed by atoms with Crippen molar-refractivity contribution >= 4 is 0 Å². The molecule has 0 spiro atoms. The maximum absolute atomic E-state index is 5.14. The van der Waals surface area contributed by atoms with E-state index in [2.05, 4.69) is 17.4 Å². The molecule has 0 amide bonds. The molecular formula is C15H23NO. The van der Waals surface area contributed by atoms with Gasteiger partial charge in [-0.15, -0.1) is 0 Å². The zero-order chi connectivity index (χ0) is 11.9. The van der Waals surface area contributed by atoms with Gasteiger partial charge in [0.05, 0.1) is 7.11 Å². The minimum absolute atomic E-state index is 0.930. The molecule has 1 aromatic rings. The van der Waals surface area contributed by atoms with Gasteiger partial charge in [-0.1, -0.05) is 37.8 Å². The summed E-state index contributed by atoms with van der Waals surface area (Å²) in [5.41, 5.74) is 1.33. The first-order valence-electron chi connectivity index (χ1n) is 6.72. The molecule has 0 radical (unpaired) electrons. The molecule has 1 saturated carbocycles. The standard InChI is InChI=1S/C15H23NO/c1-17-15-8-6-14(7-9-15)12-16-11-10-13-4-2-3-5-13/h6-9,13,16H,2-5,10-12H2,1H3. The highest BCUT2D eigenvalue weighted by Gasteiger charge is 2.13. The van der Waals surface area contributed by atoms with Crippen LogP contribution >= 0.6 is 0 Å². The molecule has 1 fully saturated rings. The second-order valence-corrected chi connectivity index (χ2v) is 4.96. The molecule has 0 saturated heterocycles. The van der Waals surface area contributed by atoms with Gasteiger partial charge in [0, 0.05) is 6.54 Å². The largest absolute Gasteiger partial charge is 0.497 e. The van der Waals surface area contributed by atoms with Crippen molar-refractivity contribution in [3.05, 3.63) is 29.8 Å². The summed E-state index contributed by atoms with van der Waals surface area (Å²) in [5, 5.41) is 3.53. The lowest BCUT2D eigenvalue weighted by Crippen LogP contribution is -2.16. The first kappa shape index (κ1) is 12.4. The van der Waals surface area contributed by atoms with Gasteiger partial charge in [-0.05, 0) is 36.6 Å². The quantitative estimate of drug-likeness (QED) is 0.761. The number of benzene rings is 1. The SMILES string of the molecule is COc1ccc(CNCCC2CCCC2)cc1. The molecule has 2 nitrogen and oxygen atoms in total. The third-order valence-corrected chi connectivity index (χ3v) is 3.69. The van der Waals surface area contributed by atoms with Crippen LogP contribution in [-0.2, 0) is 6.54 Å². The van der Waals surface area contributed by atoms with E-state index in [1.165, 1.54) is 37.7 Å². The van der Waals surface area contributed by atoms with Gasteiger partial charge >= 0.3 is 0 Å². The summed E-state index contributed by atoms with van der Waals surface area (Å²) in [6, 6.07) is 8.30. The Morgan fingerprint density at radius 3 is 2.53 bits per heavy atom. The van der Waals surface area contributed by atoms with Gasteiger partial charge in [-0.2, -0.15) is 0 Å². The van der Waals surface area contributed by atoms with Crippen molar-refractivity contribution in [1.29, 1.82) is 0 Å². The van der Waals surface area contributed by atoms with Crippen LogP contribution in [0.15, 0.2) is 24.3 Å². The molecule has 0 aliphatic heterocycles. The minimum Gasteiger partial charge on any atom is -0.497 e. The Bertz CT molecular complexity index is 314. The number of hydrogen-bond donors (Lipinski definition) is 1. The number of ether oxygens (including phenoxy) is 1. The third-order valence-electron chi connectivity index (χ3n) is 3.69. The predicted molar refractivity (Wildman–Crippen MR) is 71.3 cm³/mol. The summed E-state index contributed by atoms with van der Waals surface area (Å²) in [6.07, 6.45) is 7.14. The van der Waals surface area contributed by atoms with Gasteiger partial charge in [0.2, 0.25) is 0 Å². The highest BCUT2D eigenvalue weighted by Crippen LogP contribution is 2.26. The van der Waals surface area contributed by atoms with E-state index in [0.29, 0.717) is 0 Å². The predicted octanol–water partition coefficient (Wildman–Crippen LogP) is 3.37. The fourth-order valence-electron chi connectivity index (χ4n) is 2.58. The van der Waals surface area contributed by atoms with Crippen molar-refractivity contribution in [3.8, 4) is 5.75 Å². The van der Waals surface area contributed by atoms with E-state index < -0.39 is 0 Å². The lowest BCUT2D eigenvalue weighted by atomic mass is 10.0. The summed E-state index contributed by atoms with van der Waals surface area (Å²) in [6.45, 7) is 2.12. The van der Waals surface area contributed by atoms with Gasteiger partial charge in [-0.3, -0.25) is 0 Å². The van der Waals surface area contributed by atoms with Crippen LogP contribution in [0.2, 0.25) is 0 Å². The Hall–Kier alpha value is -1.02. The summed E-state index contributed by atoms with van der Waals surface area (Å²) in [5.74, 6) is 1.91. The molecule has 0 aromatic heterocycles. The Morgan fingerprint density at radius 2 is 1.88 bits per heavy atom. The molecule has 0 unspecified atom stereocenters. The topological polar surface area (TPSA) is 21.3 Å². The monoisotopic (exact) mass is 233 g/mol. The summed E-state index contributed by atoms with van der Waals surface area (Å²) in [7, 11) is 1.70. The average Bonchev–Trinajstić information content (AvgIpc) is 2.88. The molecule has 2 rings (SSSR count). The molecule has 0 heterocycles. The Kier molecular flexibility index (Phi) is 4.87. The van der Waals surface area contributed by atoms with E-state index in [0.717, 1.165) is 24.8 Å². The van der Waals surface area contributed by atoms with Gasteiger partial charge in [0.25, 0.3) is 0 Å². The molecule has 1 aliphatic rings. The summed E-state index contributed by atoms with van der Waals surface area (Å²) >= 11 is 0. The summed E-state index contributed by atoms with van der Waals surface area (Å²) in [4.78, 5) is 0. The number of hydrogen-bond acceptors (Lipinski definition) is 2. The van der Waals surface area contributed by atoms with Crippen molar-refractivity contribution < 1.29 is 4.74 Å². The minimum atomic E-state index is 0.930. The maximum Gasteiger partial charge on any atom is 0.118 e. The molecule has 1 aliphatic carbocycles. The van der Waals surface area contributed by atoms with E-state index in [9.17, 15) is 0 Å². The fourth-order valence-corrected chi connectivity index (χ4v) is 2.58. The smallest absolute Gasteiger partial charge is 0.118 e. The van der Waals surface area contributed by atoms with E-state index in [1.54, 1.807) is 7.11 Å². The first-order valence-corrected chi connectivity index (χ1v) is 6.72. The van der Waals surface area contributed by atoms with Crippen LogP contribution in [0.1, 0.15) is 37.7 Å². The van der Waals surface area contributed by atoms with Crippen molar-refractivity contribution in [1.82, 2.24) is 5.32 Å². The molecule has 94 valence electrons. The van der Waals surface area contributed by atoms with Gasteiger partial charge in [0.1, 0.15) is 5.75 Å². The van der Waals surface area contributed by atoms with Crippen LogP contribution in [0.4, 0.5) is 0 Å². The lowest BCUT2D eigenvalue weighted by molar-refractivity contribution is 0.414. The van der Waals surface area contributed by atoms with Crippen LogP contribution < -0.4 is 10.1 Å². The first-order chi connectivity index (χ1) is 8.38. The highest BCUT2D eigenvalue weighted by molar-refractivity contribution is 5.26. The highest BCUT2D eigenvalue weighted by atomic mass is 16.5. The van der Waals surface area contributed by atoms with Crippen LogP contribution in [0.25, 0.3) is 0 Å². The molecule has 17 heavy (non-hydrogen) atoms.